The van der Waals surface area contributed by atoms with Crippen molar-refractivity contribution in [1.29, 1.82) is 0 Å². The van der Waals surface area contributed by atoms with Gasteiger partial charge >= 0.3 is 12.1 Å². The minimum Gasteiger partial charge on any atom is -0.444 e. The molecular formula is C19H31N3O7. The maximum Gasteiger partial charge on any atom is 0.408 e. The molecule has 1 rings (SSSR count). The fourth-order valence-corrected chi connectivity index (χ4v) is 2.51. The van der Waals surface area contributed by atoms with E-state index in [1.165, 1.54) is 0 Å². The van der Waals surface area contributed by atoms with Crippen LogP contribution in [0.3, 0.4) is 0 Å². The minimum absolute atomic E-state index is 0.0277. The molecule has 4 amide bonds. The summed E-state index contributed by atoms with van der Waals surface area (Å²) in [7, 11) is 0. The molecule has 0 aromatic carbocycles. The molecule has 164 valence electrons. The van der Waals surface area contributed by atoms with Gasteiger partial charge in [0.1, 0.15) is 17.7 Å². The topological polar surface area (TPSA) is 131 Å². The largest absolute Gasteiger partial charge is 0.444 e. The SMILES string of the molecule is CC(C)[C@H](NC(=O)OC(C)(C)C)C(=O)N[C@H](C(=O)ON1C(=O)CCC1=O)C(C)C. The molecule has 0 aromatic rings. The number of nitrogens with one attached hydrogen (secondary N) is 2. The van der Waals surface area contributed by atoms with Gasteiger partial charge in [-0.05, 0) is 32.6 Å². The highest BCUT2D eigenvalue weighted by atomic mass is 16.7. The molecule has 1 aliphatic heterocycles. The van der Waals surface area contributed by atoms with Crippen LogP contribution >= 0.6 is 0 Å². The van der Waals surface area contributed by atoms with E-state index in [0.29, 0.717) is 5.06 Å². The molecular weight excluding hydrogens is 382 g/mol. The van der Waals surface area contributed by atoms with Crippen molar-refractivity contribution in [2.24, 2.45) is 11.8 Å². The lowest BCUT2D eigenvalue weighted by Gasteiger charge is -2.28. The van der Waals surface area contributed by atoms with Gasteiger partial charge in [-0.1, -0.05) is 27.7 Å². The zero-order valence-corrected chi connectivity index (χ0v) is 18.0. The number of nitrogens with zero attached hydrogens (tertiary/aromatic N) is 1. The second kappa shape index (κ2) is 9.71. The van der Waals surface area contributed by atoms with Crippen LogP contribution in [-0.4, -0.2) is 52.5 Å². The molecule has 0 unspecified atom stereocenters. The smallest absolute Gasteiger partial charge is 0.408 e. The van der Waals surface area contributed by atoms with Crippen molar-refractivity contribution in [3.8, 4) is 0 Å². The van der Waals surface area contributed by atoms with Crippen LogP contribution in [0, 0.1) is 11.8 Å². The number of carbonyl (C=O) groups is 5. The highest BCUT2D eigenvalue weighted by Gasteiger charge is 2.37. The monoisotopic (exact) mass is 413 g/mol. The summed E-state index contributed by atoms with van der Waals surface area (Å²) >= 11 is 0. The Morgan fingerprint density at radius 2 is 1.38 bits per heavy atom. The van der Waals surface area contributed by atoms with Gasteiger partial charge in [0.15, 0.2) is 0 Å². The number of carbonyl (C=O) groups excluding carboxylic acids is 5. The number of hydrogen-bond donors (Lipinski definition) is 2. The Bertz CT molecular complexity index is 651. The molecule has 29 heavy (non-hydrogen) atoms. The Morgan fingerprint density at radius 3 is 1.79 bits per heavy atom. The van der Waals surface area contributed by atoms with Gasteiger partial charge in [-0.2, -0.15) is 0 Å². The van der Waals surface area contributed by atoms with Crippen LogP contribution in [-0.2, 0) is 28.8 Å². The highest BCUT2D eigenvalue weighted by molar-refractivity contribution is 6.02. The van der Waals surface area contributed by atoms with Crippen LogP contribution in [0.1, 0.15) is 61.3 Å². The third-order valence-electron chi connectivity index (χ3n) is 4.03. The molecule has 0 saturated carbocycles. The number of imide groups is 1. The first-order valence-corrected chi connectivity index (χ1v) is 9.60. The Hall–Kier alpha value is -2.65. The predicted molar refractivity (Wildman–Crippen MR) is 102 cm³/mol. The van der Waals surface area contributed by atoms with E-state index in [4.69, 9.17) is 9.57 Å². The standard InChI is InChI=1S/C19H31N3O7/c1-10(2)14(21-18(27)28-19(5,6)7)16(25)20-15(11(3)4)17(26)29-22-12(23)8-9-13(22)24/h10-11,14-15H,8-9H2,1-7H3,(H,20,25)(H,21,27)/t14-,15-/m0/s1. The number of ether oxygens (including phenoxy) is 1. The van der Waals surface area contributed by atoms with Gasteiger partial charge in [0.25, 0.3) is 11.8 Å². The van der Waals surface area contributed by atoms with Gasteiger partial charge in [0, 0.05) is 12.8 Å². The number of amides is 4. The van der Waals surface area contributed by atoms with Gasteiger partial charge in [0.05, 0.1) is 0 Å². The van der Waals surface area contributed by atoms with E-state index in [9.17, 15) is 24.0 Å². The molecule has 2 atom stereocenters. The average Bonchev–Trinajstić information content (AvgIpc) is 2.87. The van der Waals surface area contributed by atoms with Crippen molar-refractivity contribution in [3.63, 3.8) is 0 Å². The van der Waals surface area contributed by atoms with Crippen molar-refractivity contribution in [1.82, 2.24) is 15.7 Å². The third-order valence-corrected chi connectivity index (χ3v) is 4.03. The van der Waals surface area contributed by atoms with E-state index in [2.05, 4.69) is 10.6 Å². The quantitative estimate of drug-likeness (QED) is 0.601. The Morgan fingerprint density at radius 1 is 0.897 bits per heavy atom. The Labute approximate surface area is 170 Å². The third kappa shape index (κ3) is 7.35. The summed E-state index contributed by atoms with van der Waals surface area (Å²) in [6.07, 6.45) is -0.816. The molecule has 2 N–H and O–H groups in total. The lowest BCUT2D eigenvalue weighted by atomic mass is 10.0. The molecule has 0 radical (unpaired) electrons. The Kier molecular flexibility index (Phi) is 8.16. The van der Waals surface area contributed by atoms with Crippen LogP contribution < -0.4 is 10.6 Å². The van der Waals surface area contributed by atoms with E-state index in [1.54, 1.807) is 48.5 Å². The minimum atomic E-state index is -1.12. The molecule has 10 nitrogen and oxygen atoms in total. The first-order chi connectivity index (χ1) is 13.2. The van der Waals surface area contributed by atoms with E-state index >= 15 is 0 Å². The van der Waals surface area contributed by atoms with Crippen LogP contribution in [0.15, 0.2) is 0 Å². The molecule has 0 bridgehead atoms. The number of hydrogen-bond acceptors (Lipinski definition) is 7. The zero-order valence-electron chi connectivity index (χ0n) is 18.0. The summed E-state index contributed by atoms with van der Waals surface area (Å²) in [6.45, 7) is 11.9. The van der Waals surface area contributed by atoms with Crippen molar-refractivity contribution in [2.75, 3.05) is 0 Å². The second-order valence-electron chi connectivity index (χ2n) is 8.59. The van der Waals surface area contributed by atoms with Crippen LogP contribution in [0.4, 0.5) is 4.79 Å². The van der Waals surface area contributed by atoms with E-state index < -0.39 is 53.4 Å². The van der Waals surface area contributed by atoms with Gasteiger partial charge < -0.3 is 20.2 Å². The summed E-state index contributed by atoms with van der Waals surface area (Å²) in [5.41, 5.74) is -0.735. The summed E-state index contributed by atoms with van der Waals surface area (Å²) in [5, 5.41) is 5.47. The molecule has 0 aliphatic carbocycles. The molecule has 0 spiro atoms. The van der Waals surface area contributed by atoms with Crippen LogP contribution in [0.25, 0.3) is 0 Å². The van der Waals surface area contributed by atoms with Gasteiger partial charge in [0.2, 0.25) is 5.91 Å². The van der Waals surface area contributed by atoms with Crippen LogP contribution in [0.5, 0.6) is 0 Å². The number of rotatable bonds is 7. The molecule has 1 fully saturated rings. The predicted octanol–water partition coefficient (Wildman–Crippen LogP) is 1.28. The molecule has 1 aliphatic rings. The van der Waals surface area contributed by atoms with Crippen molar-refractivity contribution >= 4 is 29.8 Å². The van der Waals surface area contributed by atoms with E-state index in [-0.39, 0.29) is 18.8 Å². The Balaban J connectivity index is 2.85. The summed E-state index contributed by atoms with van der Waals surface area (Å²) in [6, 6.07) is -2.08. The number of alkyl carbamates (subject to hydrolysis) is 1. The zero-order chi connectivity index (χ0) is 22.5. The van der Waals surface area contributed by atoms with Gasteiger partial charge in [-0.25, -0.2) is 9.59 Å². The summed E-state index contributed by atoms with van der Waals surface area (Å²) in [4.78, 5) is 65.5. The lowest BCUT2D eigenvalue weighted by Crippen LogP contribution is -2.56. The normalized spacial score (nSPS) is 16.7. The second-order valence-corrected chi connectivity index (χ2v) is 8.59. The number of hydroxylamine groups is 2. The van der Waals surface area contributed by atoms with Gasteiger partial charge in [-0.15, -0.1) is 5.06 Å². The van der Waals surface area contributed by atoms with Gasteiger partial charge in [-0.3, -0.25) is 14.4 Å². The lowest BCUT2D eigenvalue weighted by molar-refractivity contribution is -0.199. The van der Waals surface area contributed by atoms with Crippen LogP contribution in [0.2, 0.25) is 0 Å². The molecule has 10 heteroatoms. The fraction of sp³-hybridized carbons (Fsp3) is 0.737. The highest BCUT2D eigenvalue weighted by Crippen LogP contribution is 2.15. The molecule has 1 saturated heterocycles. The van der Waals surface area contributed by atoms with Crippen molar-refractivity contribution in [2.45, 2.75) is 79.0 Å². The summed E-state index contributed by atoms with van der Waals surface area (Å²) < 4.78 is 5.18. The fourth-order valence-electron chi connectivity index (χ4n) is 2.51. The summed E-state index contributed by atoms with van der Waals surface area (Å²) in [5.74, 6) is -3.45. The van der Waals surface area contributed by atoms with E-state index in [1.807, 2.05) is 0 Å². The van der Waals surface area contributed by atoms with Crippen molar-refractivity contribution in [3.05, 3.63) is 0 Å². The van der Waals surface area contributed by atoms with Crippen molar-refractivity contribution < 1.29 is 33.5 Å². The maximum absolute atomic E-state index is 12.7. The molecule has 1 heterocycles. The van der Waals surface area contributed by atoms with E-state index in [0.717, 1.165) is 0 Å². The maximum atomic E-state index is 12.7. The average molecular weight is 413 g/mol. The molecule has 0 aromatic heterocycles. The first-order valence-electron chi connectivity index (χ1n) is 9.60. The first kappa shape index (κ1) is 24.4.